The molecule has 2 aromatic heterocycles. The van der Waals surface area contributed by atoms with Crippen molar-refractivity contribution in [2.75, 3.05) is 19.0 Å². The van der Waals surface area contributed by atoms with Gasteiger partial charge in [0.2, 0.25) is 5.91 Å². The SMILES string of the molecule is COC[C@H](C)n1c(=O)c(-c2cccc(F)c2F)cn(CC(=O)Nc2ccc3c(c2)C[C@@]2(C3)C(=O)Cc3ncccc32)c1=O. The summed E-state index contributed by atoms with van der Waals surface area (Å²) in [7, 11) is 1.40. The zero-order valence-electron chi connectivity index (χ0n) is 23.5. The molecule has 0 radical (unpaired) electrons. The Bertz CT molecular complexity index is 1920. The lowest BCUT2D eigenvalue weighted by Crippen LogP contribution is -2.44. The van der Waals surface area contributed by atoms with Gasteiger partial charge in [0.05, 0.1) is 29.3 Å². The Hall–Kier alpha value is -4.77. The molecule has 0 unspecified atom stereocenters. The predicted octanol–water partition coefficient (Wildman–Crippen LogP) is 3.36. The van der Waals surface area contributed by atoms with E-state index in [1.54, 1.807) is 19.2 Å². The van der Waals surface area contributed by atoms with E-state index in [2.05, 4.69) is 10.3 Å². The number of ketones is 1. The molecule has 1 N–H and O–H groups in total. The maximum absolute atomic E-state index is 14.7. The second kappa shape index (κ2) is 10.8. The molecule has 1 amide bonds. The highest BCUT2D eigenvalue weighted by Crippen LogP contribution is 2.46. The van der Waals surface area contributed by atoms with Crippen LogP contribution in [-0.2, 0) is 45.5 Å². The Labute approximate surface area is 244 Å². The lowest BCUT2D eigenvalue weighted by molar-refractivity contribution is -0.122. The van der Waals surface area contributed by atoms with E-state index in [0.717, 1.165) is 43.8 Å². The van der Waals surface area contributed by atoms with Gasteiger partial charge in [0.25, 0.3) is 5.56 Å². The fourth-order valence-corrected chi connectivity index (χ4v) is 6.32. The molecule has 2 atom stereocenters. The highest BCUT2D eigenvalue weighted by atomic mass is 19.2. The van der Waals surface area contributed by atoms with Gasteiger partial charge in [-0.25, -0.2) is 13.6 Å². The Morgan fingerprint density at radius 3 is 2.65 bits per heavy atom. The number of methoxy groups -OCH3 is 1. The van der Waals surface area contributed by atoms with Crippen molar-refractivity contribution < 1.29 is 23.1 Å². The van der Waals surface area contributed by atoms with Gasteiger partial charge >= 0.3 is 5.69 Å². The number of carbonyl (C=O) groups is 2. The van der Waals surface area contributed by atoms with Crippen molar-refractivity contribution in [2.45, 2.75) is 44.2 Å². The number of carbonyl (C=O) groups excluding carboxylic acids is 2. The minimum absolute atomic E-state index is 0.00388. The van der Waals surface area contributed by atoms with Crippen LogP contribution in [0.25, 0.3) is 11.1 Å². The van der Waals surface area contributed by atoms with Crippen LogP contribution in [0.4, 0.5) is 14.5 Å². The second-order valence-corrected chi connectivity index (χ2v) is 11.1. The summed E-state index contributed by atoms with van der Waals surface area (Å²) in [6, 6.07) is 11.9. The van der Waals surface area contributed by atoms with E-state index in [1.165, 1.54) is 19.2 Å². The summed E-state index contributed by atoms with van der Waals surface area (Å²) in [5.74, 6) is -2.83. The molecule has 1 spiro atoms. The number of benzene rings is 2. The maximum Gasteiger partial charge on any atom is 0.331 e. The van der Waals surface area contributed by atoms with Gasteiger partial charge in [-0.15, -0.1) is 0 Å². The summed E-state index contributed by atoms with van der Waals surface area (Å²) in [6.45, 7) is 1.07. The smallest absolute Gasteiger partial charge is 0.331 e. The number of Topliss-reactive ketones (excluding diaryl/α,β-unsaturated/α-hetero) is 1. The van der Waals surface area contributed by atoms with Crippen LogP contribution in [-0.4, -0.2) is 39.5 Å². The first kappa shape index (κ1) is 28.4. The highest BCUT2D eigenvalue weighted by Gasteiger charge is 2.50. The number of nitrogens with one attached hydrogen (secondary N) is 1. The molecular weight excluding hydrogens is 558 g/mol. The molecule has 2 aromatic carbocycles. The molecule has 2 heterocycles. The lowest BCUT2D eigenvalue weighted by atomic mass is 9.78. The first-order valence-corrected chi connectivity index (χ1v) is 13.8. The van der Waals surface area contributed by atoms with Crippen molar-refractivity contribution in [3.63, 3.8) is 0 Å². The second-order valence-electron chi connectivity index (χ2n) is 11.1. The van der Waals surface area contributed by atoms with Crippen LogP contribution >= 0.6 is 0 Å². The number of rotatable bonds is 7. The molecule has 43 heavy (non-hydrogen) atoms. The van der Waals surface area contributed by atoms with Gasteiger partial charge in [0.15, 0.2) is 11.6 Å². The summed E-state index contributed by atoms with van der Waals surface area (Å²) in [6.07, 6.45) is 4.11. The summed E-state index contributed by atoms with van der Waals surface area (Å²) >= 11 is 0. The largest absolute Gasteiger partial charge is 0.383 e. The molecule has 220 valence electrons. The Morgan fingerprint density at radius 1 is 1.07 bits per heavy atom. The van der Waals surface area contributed by atoms with E-state index in [9.17, 15) is 28.0 Å². The maximum atomic E-state index is 14.7. The number of ether oxygens (including phenoxy) is 1. The number of hydrogen-bond donors (Lipinski definition) is 1. The van der Waals surface area contributed by atoms with Crippen molar-refractivity contribution in [3.05, 3.63) is 116 Å². The molecule has 0 fully saturated rings. The Kier molecular flexibility index (Phi) is 7.13. The molecular formula is C32H28F2N4O5. The van der Waals surface area contributed by atoms with Crippen LogP contribution in [0.15, 0.2) is 70.5 Å². The Balaban J connectivity index is 1.29. The van der Waals surface area contributed by atoms with E-state index >= 15 is 0 Å². The van der Waals surface area contributed by atoms with Crippen molar-refractivity contribution >= 4 is 17.4 Å². The summed E-state index contributed by atoms with van der Waals surface area (Å²) in [5.41, 5.74) is 1.29. The zero-order valence-corrected chi connectivity index (χ0v) is 23.5. The number of halogens is 2. The third-order valence-corrected chi connectivity index (χ3v) is 8.33. The standard InChI is InChI=1S/C32H28F2N4O5/c1-18(17-43-2)38-30(41)23(22-5-3-7-25(33)29(22)34)15-37(31(38)42)16-28(40)36-21-9-8-19-13-32(14-20(19)11-21)24-6-4-10-35-26(24)12-27(32)39/h3-11,15,18H,12-14,16-17H2,1-2H3,(H,36,40)/t18-,32+/m0/s1. The quantitative estimate of drug-likeness (QED) is 0.356. The summed E-state index contributed by atoms with van der Waals surface area (Å²) in [5, 5.41) is 2.78. The van der Waals surface area contributed by atoms with Crippen LogP contribution in [0, 0.1) is 11.6 Å². The van der Waals surface area contributed by atoms with Crippen molar-refractivity contribution in [1.82, 2.24) is 14.1 Å². The first-order valence-electron chi connectivity index (χ1n) is 13.8. The third-order valence-electron chi connectivity index (χ3n) is 8.33. The van der Waals surface area contributed by atoms with E-state index in [0.29, 0.717) is 24.9 Å². The molecule has 0 saturated heterocycles. The van der Waals surface area contributed by atoms with Gasteiger partial charge < -0.3 is 10.1 Å². The average Bonchev–Trinajstić information content (AvgIpc) is 3.49. The van der Waals surface area contributed by atoms with Crippen LogP contribution in [0.2, 0.25) is 0 Å². The van der Waals surface area contributed by atoms with Crippen LogP contribution in [0.3, 0.4) is 0 Å². The van der Waals surface area contributed by atoms with Gasteiger partial charge in [0, 0.05) is 37.2 Å². The number of nitrogens with zero attached hydrogens (tertiary/aromatic N) is 3. The van der Waals surface area contributed by atoms with E-state index in [1.807, 2.05) is 24.3 Å². The van der Waals surface area contributed by atoms with Crippen molar-refractivity contribution in [1.29, 1.82) is 0 Å². The molecule has 0 saturated carbocycles. The van der Waals surface area contributed by atoms with Gasteiger partial charge in [-0.1, -0.05) is 24.3 Å². The van der Waals surface area contributed by atoms with Crippen LogP contribution in [0.5, 0.6) is 0 Å². The fraction of sp³-hybridized carbons (Fsp3) is 0.281. The van der Waals surface area contributed by atoms with Gasteiger partial charge in [0.1, 0.15) is 12.3 Å². The number of anilines is 1. The minimum Gasteiger partial charge on any atom is -0.383 e. The molecule has 11 heteroatoms. The van der Waals surface area contributed by atoms with Gasteiger partial charge in [-0.05, 0) is 60.7 Å². The first-order chi connectivity index (χ1) is 20.6. The van der Waals surface area contributed by atoms with Crippen molar-refractivity contribution in [2.24, 2.45) is 0 Å². The third kappa shape index (κ3) is 4.79. The van der Waals surface area contributed by atoms with Crippen molar-refractivity contribution in [3.8, 4) is 11.1 Å². The lowest BCUT2D eigenvalue weighted by Gasteiger charge is -2.22. The van der Waals surface area contributed by atoms with Crippen LogP contribution < -0.4 is 16.6 Å². The molecule has 4 aromatic rings. The summed E-state index contributed by atoms with van der Waals surface area (Å²) < 4.78 is 35.7. The molecule has 2 aliphatic carbocycles. The topological polar surface area (TPSA) is 112 Å². The predicted molar refractivity (Wildman–Crippen MR) is 154 cm³/mol. The highest BCUT2D eigenvalue weighted by molar-refractivity contribution is 5.98. The number of amides is 1. The number of hydrogen-bond acceptors (Lipinski definition) is 6. The van der Waals surface area contributed by atoms with E-state index < -0.39 is 46.8 Å². The molecule has 0 bridgehead atoms. The van der Waals surface area contributed by atoms with E-state index in [-0.39, 0.29) is 23.5 Å². The monoisotopic (exact) mass is 586 g/mol. The number of aromatic nitrogens is 3. The average molecular weight is 587 g/mol. The molecule has 0 aliphatic heterocycles. The molecule has 2 aliphatic rings. The van der Waals surface area contributed by atoms with Gasteiger partial charge in [-0.2, -0.15) is 0 Å². The molecule has 6 rings (SSSR count). The summed E-state index contributed by atoms with van der Waals surface area (Å²) in [4.78, 5) is 57.3. The fourth-order valence-electron chi connectivity index (χ4n) is 6.32. The number of fused-ring (bicyclic) bond motifs is 3. The number of pyridine rings is 1. The normalized spacial score (nSPS) is 17.6. The zero-order chi connectivity index (χ0) is 30.5. The Morgan fingerprint density at radius 2 is 1.86 bits per heavy atom. The minimum atomic E-state index is -1.24. The van der Waals surface area contributed by atoms with Crippen LogP contribution in [0.1, 0.15) is 35.3 Å². The van der Waals surface area contributed by atoms with E-state index in [4.69, 9.17) is 4.74 Å². The molecule has 9 nitrogen and oxygen atoms in total. The van der Waals surface area contributed by atoms with Gasteiger partial charge in [-0.3, -0.25) is 28.5 Å².